The Kier molecular flexibility index (Phi) is 48.9. The van der Waals surface area contributed by atoms with Crippen LogP contribution in [0.15, 0.2) is 0 Å². The monoisotopic (exact) mass is 256 g/mol. The fourth-order valence-electron chi connectivity index (χ4n) is 0. The van der Waals surface area contributed by atoms with E-state index in [2.05, 4.69) is 0 Å². The van der Waals surface area contributed by atoms with E-state index in [0.29, 0.717) is 0 Å². The zero-order chi connectivity index (χ0) is 7.21. The van der Waals surface area contributed by atoms with Crippen LogP contribution in [-0.4, -0.2) is 81.0 Å². The van der Waals surface area contributed by atoms with Gasteiger partial charge in [-0.15, -0.1) is 0 Å². The third-order valence-corrected chi connectivity index (χ3v) is 0. The van der Waals surface area contributed by atoms with Gasteiger partial charge in [-0.2, -0.15) is 7.82 Å². The molecule has 7 nitrogen and oxygen atoms in total. The molecular formula is H2Ca2O7P2. The first-order chi connectivity index (χ1) is 3.41. The number of hydrogen-bond donors (Lipinski definition) is 0. The van der Waals surface area contributed by atoms with Crippen LogP contribution in [0.2, 0.25) is 0 Å². The van der Waals surface area contributed by atoms with E-state index in [4.69, 9.17) is 28.7 Å². The maximum Gasteiger partial charge on any atom is 2.00 e. The van der Waals surface area contributed by atoms with Crippen molar-refractivity contribution in [2.75, 3.05) is 0 Å². The van der Waals surface area contributed by atoms with E-state index in [0.717, 1.165) is 0 Å². The molecule has 0 atom stereocenters. The molecule has 11 heteroatoms. The molecule has 0 aliphatic heterocycles. The quantitative estimate of drug-likeness (QED) is 0.312. The van der Waals surface area contributed by atoms with Crippen molar-refractivity contribution < 1.29 is 34.2 Å². The van der Waals surface area contributed by atoms with Crippen molar-refractivity contribution in [1.82, 2.24) is 0 Å². The summed E-state index contributed by atoms with van der Waals surface area (Å²) in [5.74, 6) is 0. The van der Waals surface area contributed by atoms with Crippen molar-refractivity contribution in [2.24, 2.45) is 0 Å². The maximum absolute atomic E-state index is 8.55. The zero-order valence-electron chi connectivity index (χ0n) is 5.26. The minimum atomic E-state index is -5.39. The van der Waals surface area contributed by atoms with Crippen molar-refractivity contribution in [2.45, 2.75) is 0 Å². The fourth-order valence-corrected chi connectivity index (χ4v) is 0. The van der Waals surface area contributed by atoms with E-state index in [9.17, 15) is 0 Å². The van der Waals surface area contributed by atoms with Gasteiger partial charge in [0.2, 0.25) is 0 Å². The molecule has 58 valence electrons. The summed E-state index contributed by atoms with van der Waals surface area (Å²) >= 11 is 0. The first-order valence-electron chi connectivity index (χ1n) is 1.10. The summed E-state index contributed by atoms with van der Waals surface area (Å²) in [5, 5.41) is 0. The summed E-state index contributed by atoms with van der Waals surface area (Å²) in [6.45, 7) is 0. The van der Waals surface area contributed by atoms with E-state index in [1.165, 1.54) is 0 Å². The minimum absolute atomic E-state index is 0. The summed E-state index contributed by atoms with van der Waals surface area (Å²) in [6.07, 6.45) is 0. The molecule has 0 unspecified atom stereocenters. The average Bonchev–Trinajstić information content (AvgIpc) is 1.27. The molecule has 11 heavy (non-hydrogen) atoms. The van der Waals surface area contributed by atoms with E-state index < -0.39 is 16.5 Å². The molecule has 0 bridgehead atoms. The summed E-state index contributed by atoms with van der Waals surface area (Å²) in [6, 6.07) is 0. The van der Waals surface area contributed by atoms with Crippen LogP contribution in [0.5, 0.6) is 0 Å². The number of hydrogen-bond acceptors (Lipinski definition) is 6. The molecule has 0 rings (SSSR count). The van der Waals surface area contributed by atoms with Gasteiger partial charge >= 0.3 is 75.5 Å². The third kappa shape index (κ3) is 204. The Morgan fingerprint density at radius 2 is 1.09 bits per heavy atom. The molecule has 0 aliphatic rings. The summed E-state index contributed by atoms with van der Waals surface area (Å²) in [4.78, 5) is 34.0. The molecule has 0 aromatic rings. The smallest absolute Gasteiger partial charge is 0.822 e. The van der Waals surface area contributed by atoms with Gasteiger partial charge in [-0.3, -0.25) is 4.57 Å². The summed E-state index contributed by atoms with van der Waals surface area (Å²) < 4.78 is 16.9. The molecule has 0 spiro atoms. The first kappa shape index (κ1) is 29.2. The predicted octanol–water partition coefficient (Wildman–Crippen LogP) is -4.86. The van der Waals surface area contributed by atoms with Crippen LogP contribution in [0, 0.1) is 0 Å². The number of phosphoric acid groups is 1. The molecule has 0 fully saturated rings. The van der Waals surface area contributed by atoms with Crippen LogP contribution < -0.4 is 19.6 Å². The van der Waals surface area contributed by atoms with Crippen molar-refractivity contribution in [3.05, 3.63) is 0 Å². The van der Waals surface area contributed by atoms with Gasteiger partial charge in [0.25, 0.3) is 0 Å². The molecule has 0 saturated carbocycles. The SMILES string of the molecule is O.O=P([O-])([O-])[O-].O=P[O-].[Ca+2].[Ca+2]. The van der Waals surface area contributed by atoms with Crippen molar-refractivity contribution in [3.8, 4) is 0 Å². The minimum Gasteiger partial charge on any atom is -0.822 e. The Hall–Kier alpha value is 2.65. The average molecular weight is 256 g/mol. The van der Waals surface area contributed by atoms with Gasteiger partial charge in [0.15, 0.2) is 0 Å². The Labute approximate surface area is 124 Å². The van der Waals surface area contributed by atoms with Crippen LogP contribution in [0.3, 0.4) is 0 Å². The van der Waals surface area contributed by atoms with Crippen molar-refractivity contribution in [3.63, 3.8) is 0 Å². The van der Waals surface area contributed by atoms with Gasteiger partial charge in [-0.25, -0.2) is 0 Å². The normalized spacial score (nSPS) is 7.27. The Morgan fingerprint density at radius 1 is 1.09 bits per heavy atom. The molecule has 0 amide bonds. The molecule has 0 saturated heterocycles. The third-order valence-electron chi connectivity index (χ3n) is 0. The van der Waals surface area contributed by atoms with Crippen LogP contribution in [0.1, 0.15) is 0 Å². The van der Waals surface area contributed by atoms with Crippen LogP contribution in [0.4, 0.5) is 0 Å². The van der Waals surface area contributed by atoms with Crippen LogP contribution in [-0.2, 0) is 9.13 Å². The molecule has 0 aliphatic carbocycles. The Balaban J connectivity index is -0.0000000183. The zero-order valence-corrected chi connectivity index (χ0v) is 11.5. The molecule has 0 heterocycles. The van der Waals surface area contributed by atoms with Gasteiger partial charge < -0.3 is 29.6 Å². The molecular weight excluding hydrogens is 254 g/mol. The van der Waals surface area contributed by atoms with Crippen LogP contribution >= 0.6 is 16.5 Å². The van der Waals surface area contributed by atoms with Crippen molar-refractivity contribution in [1.29, 1.82) is 0 Å². The predicted molar refractivity (Wildman–Crippen MR) is 30.3 cm³/mol. The van der Waals surface area contributed by atoms with Gasteiger partial charge in [-0.05, 0) is 0 Å². The fraction of sp³-hybridized carbons (Fsp3) is 0. The maximum atomic E-state index is 8.55. The van der Waals surface area contributed by atoms with E-state index in [1.807, 2.05) is 0 Å². The van der Waals surface area contributed by atoms with E-state index in [-0.39, 0.29) is 81.0 Å². The molecule has 0 aromatic carbocycles. The largest absolute Gasteiger partial charge is 2.00 e. The van der Waals surface area contributed by atoms with Crippen molar-refractivity contribution >= 4 is 92.0 Å². The summed E-state index contributed by atoms with van der Waals surface area (Å²) in [7, 11) is -6.47. The second-order valence-electron chi connectivity index (χ2n) is 0.522. The van der Waals surface area contributed by atoms with Gasteiger partial charge in [0, 0.05) is 0 Å². The van der Waals surface area contributed by atoms with E-state index >= 15 is 0 Å². The van der Waals surface area contributed by atoms with Gasteiger partial charge in [-0.1, -0.05) is 0 Å². The molecule has 2 N–H and O–H groups in total. The topological polar surface area (TPSA) is 158 Å². The standard InChI is InChI=1S/2Ca.H3O4P.HO2P.H2O/c;;1-5(2,3)4;1-3-2;/h;;(H3,1,2,3,4);(H,1,2);1H2/q2*+2;;;/p-4. The number of rotatable bonds is 0. The molecule has 0 radical (unpaired) electrons. The Morgan fingerprint density at radius 3 is 1.09 bits per heavy atom. The molecule has 0 aromatic heterocycles. The summed E-state index contributed by atoms with van der Waals surface area (Å²) in [5.41, 5.74) is 0. The van der Waals surface area contributed by atoms with Crippen LogP contribution in [0.25, 0.3) is 0 Å². The second-order valence-corrected chi connectivity index (χ2v) is 1.57. The Bertz CT molecular complexity index is 88.3. The second kappa shape index (κ2) is 18.4. The van der Waals surface area contributed by atoms with Gasteiger partial charge in [0.1, 0.15) is 0 Å². The van der Waals surface area contributed by atoms with Gasteiger partial charge in [0.05, 0.1) is 8.69 Å². The first-order valence-corrected chi connectivity index (χ1v) is 3.29. The van der Waals surface area contributed by atoms with E-state index in [1.54, 1.807) is 0 Å².